The number of carbonyl (C=O) groups excluding carboxylic acids is 2. The minimum atomic E-state index is -3.90. The molecule has 3 aromatic rings. The molecule has 0 bridgehead atoms. The molecule has 0 saturated carbocycles. The Morgan fingerprint density at radius 1 is 0.975 bits per heavy atom. The smallest absolute Gasteiger partial charge is 0.244 e. The maximum Gasteiger partial charge on any atom is 0.244 e. The maximum absolute atomic E-state index is 14.1. The molecule has 3 aromatic carbocycles. The molecular weight excluding hydrogens is 550 g/mol. The van der Waals surface area contributed by atoms with E-state index in [1.54, 1.807) is 48.5 Å². The van der Waals surface area contributed by atoms with Gasteiger partial charge in [0, 0.05) is 24.5 Å². The van der Waals surface area contributed by atoms with E-state index in [1.807, 2.05) is 37.3 Å². The molecule has 2 amide bonds. The average Bonchev–Trinajstić information content (AvgIpc) is 2.94. The van der Waals surface area contributed by atoms with Gasteiger partial charge in [0.15, 0.2) is 0 Å². The van der Waals surface area contributed by atoms with Crippen molar-refractivity contribution in [3.63, 3.8) is 0 Å². The summed E-state index contributed by atoms with van der Waals surface area (Å²) in [5.41, 5.74) is 1.73. The van der Waals surface area contributed by atoms with Crippen LogP contribution in [-0.2, 0) is 32.6 Å². The van der Waals surface area contributed by atoms with Crippen molar-refractivity contribution < 1.29 is 22.7 Å². The summed E-state index contributed by atoms with van der Waals surface area (Å²) in [6, 6.07) is 22.1. The topological polar surface area (TPSA) is 96.0 Å². The first-order valence-electron chi connectivity index (χ1n) is 13.1. The zero-order valence-corrected chi connectivity index (χ0v) is 24.6. The van der Waals surface area contributed by atoms with E-state index >= 15 is 0 Å². The van der Waals surface area contributed by atoms with Crippen molar-refractivity contribution in [2.75, 3.05) is 30.8 Å². The van der Waals surface area contributed by atoms with Crippen molar-refractivity contribution in [2.45, 2.75) is 38.8 Å². The summed E-state index contributed by atoms with van der Waals surface area (Å²) < 4.78 is 32.3. The summed E-state index contributed by atoms with van der Waals surface area (Å²) >= 11 is 6.47. The number of anilines is 1. The Bertz CT molecular complexity index is 1380. The van der Waals surface area contributed by atoms with Crippen LogP contribution in [0.1, 0.15) is 30.9 Å². The highest BCUT2D eigenvalue weighted by Crippen LogP contribution is 2.30. The fraction of sp³-hybridized carbons (Fsp3) is 0.333. The quantitative estimate of drug-likeness (QED) is 0.277. The second-order valence-corrected chi connectivity index (χ2v) is 11.7. The van der Waals surface area contributed by atoms with Crippen LogP contribution in [0.4, 0.5) is 5.69 Å². The van der Waals surface area contributed by atoms with Gasteiger partial charge in [-0.15, -0.1) is 0 Å². The first-order chi connectivity index (χ1) is 19.2. The fourth-order valence-corrected chi connectivity index (χ4v) is 5.35. The van der Waals surface area contributed by atoms with Gasteiger partial charge in [-0.3, -0.25) is 13.9 Å². The van der Waals surface area contributed by atoms with Gasteiger partial charge in [-0.25, -0.2) is 8.42 Å². The van der Waals surface area contributed by atoms with Gasteiger partial charge < -0.3 is 15.0 Å². The van der Waals surface area contributed by atoms with Gasteiger partial charge in [0.25, 0.3) is 0 Å². The summed E-state index contributed by atoms with van der Waals surface area (Å²) in [7, 11) is -2.47. The number of methoxy groups -OCH3 is 1. The minimum absolute atomic E-state index is 0.0146. The van der Waals surface area contributed by atoms with Gasteiger partial charge in [0.1, 0.15) is 18.3 Å². The fourth-order valence-electron chi connectivity index (χ4n) is 4.30. The van der Waals surface area contributed by atoms with Crippen LogP contribution in [0.15, 0.2) is 78.9 Å². The number of benzene rings is 3. The Kier molecular flexibility index (Phi) is 11.4. The first kappa shape index (κ1) is 31.0. The molecule has 3 rings (SSSR count). The van der Waals surface area contributed by atoms with Crippen molar-refractivity contribution in [3.8, 4) is 5.75 Å². The predicted molar refractivity (Wildman–Crippen MR) is 159 cm³/mol. The summed E-state index contributed by atoms with van der Waals surface area (Å²) in [4.78, 5) is 29.1. The van der Waals surface area contributed by atoms with Gasteiger partial charge in [0.05, 0.1) is 19.1 Å². The standard InChI is InChI=1S/C30H36ClN3O5S/c1-4-5-19-32-30(36)27(20-23-13-7-6-8-14-23)33(21-24-15-9-10-16-25(24)31)29(35)22-34(40(3,37)38)26-17-11-12-18-28(26)39-2/h6-18,27H,4-5,19-22H2,1-3H3,(H,32,36)/t27-/m0/s1. The maximum atomic E-state index is 14.1. The number of rotatable bonds is 14. The van der Waals surface area contributed by atoms with Crippen molar-refractivity contribution in [3.05, 3.63) is 95.0 Å². The molecule has 214 valence electrons. The van der Waals surface area contributed by atoms with Gasteiger partial charge in [-0.1, -0.05) is 85.6 Å². The molecule has 0 radical (unpaired) electrons. The molecule has 40 heavy (non-hydrogen) atoms. The second kappa shape index (κ2) is 14.7. The molecular formula is C30H36ClN3O5S. The van der Waals surface area contributed by atoms with Crippen molar-refractivity contribution >= 4 is 39.1 Å². The predicted octanol–water partition coefficient (Wildman–Crippen LogP) is 4.67. The highest BCUT2D eigenvalue weighted by molar-refractivity contribution is 7.92. The van der Waals surface area contributed by atoms with E-state index in [0.717, 1.165) is 29.0 Å². The zero-order valence-electron chi connectivity index (χ0n) is 23.0. The molecule has 0 saturated heterocycles. The number of unbranched alkanes of at least 4 members (excludes halogenated alkanes) is 1. The molecule has 0 aliphatic carbocycles. The number of halogens is 1. The lowest BCUT2D eigenvalue weighted by Gasteiger charge is -2.34. The zero-order chi connectivity index (χ0) is 29.1. The minimum Gasteiger partial charge on any atom is -0.495 e. The van der Waals surface area contributed by atoms with Crippen molar-refractivity contribution in [1.29, 1.82) is 0 Å². The lowest BCUT2D eigenvalue weighted by Crippen LogP contribution is -2.53. The molecule has 0 heterocycles. The number of nitrogens with zero attached hydrogens (tertiary/aromatic N) is 2. The molecule has 10 heteroatoms. The van der Waals surface area contributed by atoms with Crippen LogP contribution < -0.4 is 14.4 Å². The summed E-state index contributed by atoms with van der Waals surface area (Å²) in [6.07, 6.45) is 2.96. The van der Waals surface area contributed by atoms with Crippen LogP contribution in [0.25, 0.3) is 0 Å². The van der Waals surface area contributed by atoms with E-state index in [9.17, 15) is 18.0 Å². The highest BCUT2D eigenvalue weighted by atomic mass is 35.5. The van der Waals surface area contributed by atoms with Crippen molar-refractivity contribution in [2.24, 2.45) is 0 Å². The normalized spacial score (nSPS) is 11.9. The number of nitrogens with one attached hydrogen (secondary N) is 1. The molecule has 1 atom stereocenters. The Morgan fingerprint density at radius 2 is 1.62 bits per heavy atom. The number of sulfonamides is 1. The Morgan fingerprint density at radius 3 is 2.27 bits per heavy atom. The van der Waals surface area contributed by atoms with E-state index in [1.165, 1.54) is 12.0 Å². The molecule has 0 aliphatic rings. The Balaban J connectivity index is 2.06. The summed E-state index contributed by atoms with van der Waals surface area (Å²) in [5.74, 6) is -0.569. The second-order valence-electron chi connectivity index (χ2n) is 9.40. The summed E-state index contributed by atoms with van der Waals surface area (Å²) in [5, 5.41) is 3.40. The van der Waals surface area contributed by atoms with Gasteiger partial charge >= 0.3 is 0 Å². The van der Waals surface area contributed by atoms with Crippen LogP contribution in [0.3, 0.4) is 0 Å². The summed E-state index contributed by atoms with van der Waals surface area (Å²) in [6.45, 7) is 1.97. The third-order valence-electron chi connectivity index (χ3n) is 6.43. The van der Waals surface area contributed by atoms with Gasteiger partial charge in [-0.05, 0) is 35.7 Å². The van der Waals surface area contributed by atoms with E-state index in [4.69, 9.17) is 16.3 Å². The third kappa shape index (κ3) is 8.47. The number of hydrogen-bond donors (Lipinski definition) is 1. The number of para-hydroxylation sites is 2. The van der Waals surface area contributed by atoms with Gasteiger partial charge in [-0.2, -0.15) is 0 Å². The molecule has 0 aromatic heterocycles. The monoisotopic (exact) mass is 585 g/mol. The van der Waals surface area contributed by atoms with Crippen LogP contribution in [-0.4, -0.2) is 57.6 Å². The van der Waals surface area contributed by atoms with Crippen LogP contribution in [0.2, 0.25) is 5.02 Å². The molecule has 8 nitrogen and oxygen atoms in total. The van der Waals surface area contributed by atoms with E-state index < -0.39 is 28.5 Å². The largest absolute Gasteiger partial charge is 0.495 e. The number of hydrogen-bond acceptors (Lipinski definition) is 5. The average molecular weight is 586 g/mol. The van der Waals surface area contributed by atoms with Crippen LogP contribution in [0, 0.1) is 0 Å². The van der Waals surface area contributed by atoms with Crippen LogP contribution in [0.5, 0.6) is 5.75 Å². The van der Waals surface area contributed by atoms with E-state index in [-0.39, 0.29) is 24.6 Å². The molecule has 0 spiro atoms. The number of ether oxygens (including phenoxy) is 1. The molecule has 1 N–H and O–H groups in total. The van der Waals surface area contributed by atoms with Gasteiger partial charge in [0.2, 0.25) is 21.8 Å². The lowest BCUT2D eigenvalue weighted by atomic mass is 10.0. The Labute approximate surface area is 241 Å². The van der Waals surface area contributed by atoms with Crippen LogP contribution >= 0.6 is 11.6 Å². The first-order valence-corrected chi connectivity index (χ1v) is 15.3. The highest BCUT2D eigenvalue weighted by Gasteiger charge is 2.33. The molecule has 0 unspecified atom stereocenters. The Hall–Kier alpha value is -3.56. The number of amides is 2. The van der Waals surface area contributed by atoms with Crippen molar-refractivity contribution in [1.82, 2.24) is 10.2 Å². The lowest BCUT2D eigenvalue weighted by molar-refractivity contribution is -0.140. The SMILES string of the molecule is CCCCNC(=O)[C@H](Cc1ccccc1)N(Cc1ccccc1Cl)C(=O)CN(c1ccccc1OC)S(C)(=O)=O. The van der Waals surface area contributed by atoms with E-state index in [2.05, 4.69) is 5.32 Å². The van der Waals surface area contributed by atoms with E-state index in [0.29, 0.717) is 22.9 Å². The molecule has 0 fully saturated rings. The third-order valence-corrected chi connectivity index (χ3v) is 7.93. The number of carbonyl (C=O) groups is 2. The molecule has 0 aliphatic heterocycles.